The number of benzene rings is 1. The molecule has 1 unspecified atom stereocenters. The second-order valence-electron chi connectivity index (χ2n) is 3.21. The van der Waals surface area contributed by atoms with Crippen molar-refractivity contribution in [3.8, 4) is 0 Å². The molecule has 0 saturated heterocycles. The summed E-state index contributed by atoms with van der Waals surface area (Å²) in [5.41, 5.74) is 1.09. The average molecular weight is 198 g/mol. The van der Waals surface area contributed by atoms with Crippen LogP contribution in [0.5, 0.6) is 0 Å². The molecular weight excluding hydrogens is 187 g/mol. The zero-order valence-corrected chi connectivity index (χ0v) is 7.98. The van der Waals surface area contributed by atoms with E-state index in [4.69, 9.17) is 5.11 Å². The first kappa shape index (κ1) is 9.03. The highest BCUT2D eigenvalue weighted by Gasteiger charge is 2.21. The fraction of sp³-hybridized carbons (Fsp3) is 0.400. The lowest BCUT2D eigenvalue weighted by atomic mass is 10.1. The van der Waals surface area contributed by atoms with Crippen molar-refractivity contribution in [1.82, 2.24) is 0 Å². The molecule has 1 aliphatic rings. The maximum atomic E-state index is 12.8. The lowest BCUT2D eigenvalue weighted by Crippen LogP contribution is -2.02. The van der Waals surface area contributed by atoms with Crippen LogP contribution in [0.3, 0.4) is 0 Å². The van der Waals surface area contributed by atoms with Gasteiger partial charge < -0.3 is 5.11 Å². The SMILES string of the molecule is OCCC1Cc2cc(F)ccc2S1. The Labute approximate surface area is 81.0 Å². The van der Waals surface area contributed by atoms with E-state index in [2.05, 4.69) is 0 Å². The van der Waals surface area contributed by atoms with Crippen LogP contribution >= 0.6 is 11.8 Å². The van der Waals surface area contributed by atoms with Crippen LogP contribution in [0.1, 0.15) is 12.0 Å². The van der Waals surface area contributed by atoms with Crippen LogP contribution in [-0.4, -0.2) is 17.0 Å². The van der Waals surface area contributed by atoms with Gasteiger partial charge in [0.2, 0.25) is 0 Å². The van der Waals surface area contributed by atoms with Gasteiger partial charge in [-0.1, -0.05) is 0 Å². The van der Waals surface area contributed by atoms with Gasteiger partial charge in [-0.25, -0.2) is 4.39 Å². The molecule has 2 rings (SSSR count). The van der Waals surface area contributed by atoms with Gasteiger partial charge in [0.05, 0.1) is 0 Å². The lowest BCUT2D eigenvalue weighted by Gasteiger charge is -2.03. The maximum Gasteiger partial charge on any atom is 0.123 e. The summed E-state index contributed by atoms with van der Waals surface area (Å²) < 4.78 is 12.8. The molecule has 0 aliphatic carbocycles. The van der Waals surface area contributed by atoms with Gasteiger partial charge in [0.1, 0.15) is 5.82 Å². The van der Waals surface area contributed by atoms with E-state index in [-0.39, 0.29) is 12.4 Å². The van der Waals surface area contributed by atoms with Gasteiger partial charge in [0.15, 0.2) is 0 Å². The van der Waals surface area contributed by atoms with E-state index < -0.39 is 0 Å². The van der Waals surface area contributed by atoms with E-state index in [9.17, 15) is 4.39 Å². The summed E-state index contributed by atoms with van der Waals surface area (Å²) in [6, 6.07) is 4.92. The normalized spacial score (nSPS) is 20.3. The Kier molecular flexibility index (Phi) is 2.56. The highest BCUT2D eigenvalue weighted by molar-refractivity contribution is 8.00. The molecule has 1 aliphatic heterocycles. The number of aliphatic hydroxyl groups is 1. The van der Waals surface area contributed by atoms with E-state index in [1.165, 1.54) is 11.0 Å². The van der Waals surface area contributed by atoms with E-state index in [0.717, 1.165) is 18.4 Å². The van der Waals surface area contributed by atoms with Crippen molar-refractivity contribution in [2.24, 2.45) is 0 Å². The second-order valence-corrected chi connectivity index (χ2v) is 4.55. The van der Waals surface area contributed by atoms with Crippen LogP contribution in [0.4, 0.5) is 4.39 Å². The zero-order chi connectivity index (χ0) is 9.26. The lowest BCUT2D eigenvalue weighted by molar-refractivity contribution is 0.287. The molecule has 0 spiro atoms. The first-order valence-electron chi connectivity index (χ1n) is 4.35. The number of halogens is 1. The number of hydrogen-bond donors (Lipinski definition) is 1. The monoisotopic (exact) mass is 198 g/mol. The van der Waals surface area contributed by atoms with Crippen LogP contribution < -0.4 is 0 Å². The summed E-state index contributed by atoms with van der Waals surface area (Å²) in [6.07, 6.45) is 1.68. The largest absolute Gasteiger partial charge is 0.396 e. The molecule has 0 aromatic heterocycles. The Morgan fingerprint density at radius 3 is 3.15 bits per heavy atom. The Morgan fingerprint density at radius 1 is 1.54 bits per heavy atom. The first-order valence-corrected chi connectivity index (χ1v) is 5.23. The minimum Gasteiger partial charge on any atom is -0.396 e. The summed E-state index contributed by atoms with van der Waals surface area (Å²) in [4.78, 5) is 1.17. The molecule has 1 N–H and O–H groups in total. The topological polar surface area (TPSA) is 20.2 Å². The number of rotatable bonds is 2. The van der Waals surface area contributed by atoms with Crippen LogP contribution in [0.25, 0.3) is 0 Å². The fourth-order valence-electron chi connectivity index (χ4n) is 1.59. The molecule has 0 amide bonds. The van der Waals surface area contributed by atoms with Crippen molar-refractivity contribution in [1.29, 1.82) is 0 Å². The van der Waals surface area contributed by atoms with Crippen molar-refractivity contribution in [2.75, 3.05) is 6.61 Å². The number of hydrogen-bond acceptors (Lipinski definition) is 2. The second kappa shape index (κ2) is 3.68. The third kappa shape index (κ3) is 1.86. The maximum absolute atomic E-state index is 12.8. The summed E-state index contributed by atoms with van der Waals surface area (Å²) in [5, 5.41) is 9.21. The molecule has 3 heteroatoms. The van der Waals surface area contributed by atoms with Gasteiger partial charge in [-0.3, -0.25) is 0 Å². The number of aliphatic hydroxyl groups excluding tert-OH is 1. The van der Waals surface area contributed by atoms with Crippen molar-refractivity contribution >= 4 is 11.8 Å². The number of fused-ring (bicyclic) bond motifs is 1. The molecule has 0 radical (unpaired) electrons. The molecule has 0 saturated carbocycles. The summed E-state index contributed by atoms with van der Waals surface area (Å²) in [7, 11) is 0. The molecule has 13 heavy (non-hydrogen) atoms. The van der Waals surface area contributed by atoms with Crippen molar-refractivity contribution < 1.29 is 9.50 Å². The first-order chi connectivity index (χ1) is 6.29. The molecule has 70 valence electrons. The average Bonchev–Trinajstić information content (AvgIpc) is 2.46. The third-order valence-corrected chi connectivity index (χ3v) is 3.60. The molecule has 1 atom stereocenters. The Balaban J connectivity index is 2.16. The predicted molar refractivity (Wildman–Crippen MR) is 51.5 cm³/mol. The van der Waals surface area contributed by atoms with E-state index in [0.29, 0.717) is 5.25 Å². The van der Waals surface area contributed by atoms with Gasteiger partial charge >= 0.3 is 0 Å². The Hall–Kier alpha value is -0.540. The van der Waals surface area contributed by atoms with Crippen LogP contribution in [-0.2, 0) is 6.42 Å². The van der Waals surface area contributed by atoms with Gasteiger partial charge in [0.25, 0.3) is 0 Å². The van der Waals surface area contributed by atoms with Crippen molar-refractivity contribution in [3.05, 3.63) is 29.6 Å². The zero-order valence-electron chi connectivity index (χ0n) is 7.16. The van der Waals surface area contributed by atoms with E-state index in [1.807, 2.05) is 6.07 Å². The van der Waals surface area contributed by atoms with Gasteiger partial charge in [-0.2, -0.15) is 0 Å². The third-order valence-electron chi connectivity index (χ3n) is 2.21. The number of thioether (sulfide) groups is 1. The smallest absolute Gasteiger partial charge is 0.123 e. The highest BCUT2D eigenvalue weighted by atomic mass is 32.2. The fourth-order valence-corrected chi connectivity index (χ4v) is 2.88. The minimum atomic E-state index is -0.163. The molecule has 1 nitrogen and oxygen atoms in total. The van der Waals surface area contributed by atoms with Gasteiger partial charge in [-0.05, 0) is 36.6 Å². The van der Waals surface area contributed by atoms with Crippen LogP contribution in [0, 0.1) is 5.82 Å². The molecule has 1 heterocycles. The quantitative estimate of drug-likeness (QED) is 0.786. The van der Waals surface area contributed by atoms with E-state index >= 15 is 0 Å². The summed E-state index contributed by atoms with van der Waals surface area (Å²) in [6.45, 7) is 0.216. The van der Waals surface area contributed by atoms with Gasteiger partial charge in [0, 0.05) is 16.8 Å². The minimum absolute atomic E-state index is 0.163. The highest BCUT2D eigenvalue weighted by Crippen LogP contribution is 2.38. The van der Waals surface area contributed by atoms with Crippen LogP contribution in [0.2, 0.25) is 0 Å². The van der Waals surface area contributed by atoms with Crippen molar-refractivity contribution in [2.45, 2.75) is 23.0 Å². The molecule has 0 fully saturated rings. The summed E-state index contributed by atoms with van der Waals surface area (Å²) >= 11 is 1.74. The van der Waals surface area contributed by atoms with Crippen LogP contribution in [0.15, 0.2) is 23.1 Å². The Morgan fingerprint density at radius 2 is 2.38 bits per heavy atom. The predicted octanol–water partition coefficient (Wildman–Crippen LogP) is 2.22. The molecular formula is C10H11FOS. The van der Waals surface area contributed by atoms with E-state index in [1.54, 1.807) is 17.8 Å². The van der Waals surface area contributed by atoms with Crippen molar-refractivity contribution in [3.63, 3.8) is 0 Å². The molecule has 1 aromatic rings. The molecule has 1 aromatic carbocycles. The standard InChI is InChI=1S/C10H11FOS/c11-8-1-2-10-7(5-8)6-9(13-10)3-4-12/h1-2,5,9,12H,3-4,6H2. The molecule has 0 bridgehead atoms. The van der Waals surface area contributed by atoms with Gasteiger partial charge in [-0.15, -0.1) is 11.8 Å². The summed E-state index contributed by atoms with van der Waals surface area (Å²) in [5.74, 6) is -0.163. The Bertz CT molecular complexity index is 314.